The number of sulfonamides is 1. The van der Waals surface area contributed by atoms with Gasteiger partial charge in [0, 0.05) is 25.2 Å². The molecule has 0 amide bonds. The Kier molecular flexibility index (Phi) is 10.7. The maximum Gasteiger partial charge on any atom is 0.242 e. The van der Waals surface area contributed by atoms with Gasteiger partial charge in [0.05, 0.1) is 24.2 Å². The molecule has 41 heavy (non-hydrogen) atoms. The van der Waals surface area contributed by atoms with E-state index < -0.39 is 10.0 Å². The second kappa shape index (κ2) is 14.2. The molecule has 1 aliphatic rings. The van der Waals surface area contributed by atoms with Crippen molar-refractivity contribution in [3.8, 4) is 11.5 Å². The Bertz CT molecular complexity index is 1410. The lowest BCUT2D eigenvalue weighted by molar-refractivity contribution is 0.114. The quantitative estimate of drug-likeness (QED) is 0.218. The molecule has 222 valence electrons. The molecule has 10 nitrogen and oxygen atoms in total. The minimum absolute atomic E-state index is 0.106. The van der Waals surface area contributed by atoms with Crippen LogP contribution in [-0.2, 0) is 10.0 Å². The van der Waals surface area contributed by atoms with E-state index in [-0.39, 0.29) is 33.8 Å². The number of halogens is 1. The SMILES string of the molecule is CCOc1cc(OC2CCN(C)CC2)ccc1Nc1ncc(Cl)c(Nc2ccccc2S(=O)(=O)NC(CC)CC)n1. The molecule has 1 fully saturated rings. The first kappa shape index (κ1) is 30.8. The maximum absolute atomic E-state index is 13.2. The molecule has 3 aromatic rings. The van der Waals surface area contributed by atoms with E-state index in [4.69, 9.17) is 21.1 Å². The van der Waals surface area contributed by atoms with Crippen molar-refractivity contribution in [1.29, 1.82) is 0 Å². The number of benzene rings is 2. The third kappa shape index (κ3) is 8.22. The highest BCUT2D eigenvalue weighted by Gasteiger charge is 2.23. The van der Waals surface area contributed by atoms with Crippen LogP contribution in [0.1, 0.15) is 46.5 Å². The topological polar surface area (TPSA) is 118 Å². The Labute approximate surface area is 247 Å². The monoisotopic (exact) mass is 602 g/mol. The average molecular weight is 603 g/mol. The van der Waals surface area contributed by atoms with Gasteiger partial charge in [0.2, 0.25) is 16.0 Å². The maximum atomic E-state index is 13.2. The van der Waals surface area contributed by atoms with E-state index in [1.165, 1.54) is 6.20 Å². The number of anilines is 4. The molecule has 1 aromatic heterocycles. The molecular weight excluding hydrogens is 564 g/mol. The van der Waals surface area contributed by atoms with Gasteiger partial charge in [-0.15, -0.1) is 0 Å². The average Bonchev–Trinajstić information content (AvgIpc) is 2.96. The van der Waals surface area contributed by atoms with E-state index in [1.807, 2.05) is 39.0 Å². The Balaban J connectivity index is 1.54. The van der Waals surface area contributed by atoms with Gasteiger partial charge < -0.3 is 25.0 Å². The largest absolute Gasteiger partial charge is 0.492 e. The summed E-state index contributed by atoms with van der Waals surface area (Å²) in [7, 11) is -1.66. The smallest absolute Gasteiger partial charge is 0.242 e. The van der Waals surface area contributed by atoms with Crippen LogP contribution in [0.5, 0.6) is 11.5 Å². The van der Waals surface area contributed by atoms with E-state index in [1.54, 1.807) is 24.3 Å². The number of piperidine rings is 1. The predicted octanol–water partition coefficient (Wildman–Crippen LogP) is 5.96. The first-order valence-electron chi connectivity index (χ1n) is 14.0. The number of rotatable bonds is 13. The van der Waals surface area contributed by atoms with Gasteiger partial charge in [-0.1, -0.05) is 37.6 Å². The number of hydrogen-bond donors (Lipinski definition) is 3. The van der Waals surface area contributed by atoms with Crippen molar-refractivity contribution in [2.75, 3.05) is 37.4 Å². The number of para-hydroxylation sites is 1. The third-order valence-electron chi connectivity index (χ3n) is 6.95. The van der Waals surface area contributed by atoms with Crippen LogP contribution in [0.4, 0.5) is 23.1 Å². The van der Waals surface area contributed by atoms with E-state index in [0.29, 0.717) is 36.6 Å². The minimum Gasteiger partial charge on any atom is -0.492 e. The molecule has 0 bridgehead atoms. The summed E-state index contributed by atoms with van der Waals surface area (Å²) in [6, 6.07) is 12.1. The highest BCUT2D eigenvalue weighted by atomic mass is 35.5. The van der Waals surface area contributed by atoms with Crippen molar-refractivity contribution in [3.63, 3.8) is 0 Å². The molecule has 0 aliphatic carbocycles. The van der Waals surface area contributed by atoms with Crippen LogP contribution in [0.25, 0.3) is 0 Å². The molecule has 0 saturated carbocycles. The van der Waals surface area contributed by atoms with Crippen molar-refractivity contribution in [2.45, 2.75) is 63.5 Å². The molecule has 3 N–H and O–H groups in total. The molecule has 2 heterocycles. The molecule has 1 aliphatic heterocycles. The van der Waals surface area contributed by atoms with Crippen LogP contribution in [0.15, 0.2) is 53.6 Å². The van der Waals surface area contributed by atoms with Crippen molar-refractivity contribution < 1.29 is 17.9 Å². The predicted molar refractivity (Wildman–Crippen MR) is 163 cm³/mol. The Hall–Kier alpha value is -3.12. The lowest BCUT2D eigenvalue weighted by Gasteiger charge is -2.29. The standard InChI is InChI=1S/C29H39ClN6O4S/c1-5-20(6-2)35-41(37,38)27-11-9-8-10-25(27)32-28-23(30)19-31-29(34-28)33-24-13-12-22(18-26(24)39-7-3)40-21-14-16-36(4)17-15-21/h8-13,18-21,35H,5-7,14-17H2,1-4H3,(H2,31,32,33,34). The van der Waals surface area contributed by atoms with Crippen molar-refractivity contribution in [3.05, 3.63) is 53.7 Å². The lowest BCUT2D eigenvalue weighted by Crippen LogP contribution is -2.35. The molecule has 0 atom stereocenters. The van der Waals surface area contributed by atoms with E-state index in [2.05, 4.69) is 37.3 Å². The second-order valence-electron chi connectivity index (χ2n) is 9.98. The Morgan fingerprint density at radius 2 is 1.78 bits per heavy atom. The number of ether oxygens (including phenoxy) is 2. The number of nitrogens with zero attached hydrogens (tertiary/aromatic N) is 3. The third-order valence-corrected chi connectivity index (χ3v) is 8.80. The highest BCUT2D eigenvalue weighted by Crippen LogP contribution is 2.34. The molecular formula is C29H39ClN6O4S. The first-order valence-corrected chi connectivity index (χ1v) is 15.9. The number of aromatic nitrogens is 2. The Morgan fingerprint density at radius 1 is 1.05 bits per heavy atom. The molecule has 0 spiro atoms. The number of likely N-dealkylation sites (tertiary alicyclic amines) is 1. The van der Waals surface area contributed by atoms with Crippen molar-refractivity contribution >= 4 is 44.8 Å². The molecule has 0 radical (unpaired) electrons. The number of hydrogen-bond acceptors (Lipinski definition) is 9. The van der Waals surface area contributed by atoms with Gasteiger partial charge in [-0.25, -0.2) is 18.1 Å². The molecule has 1 saturated heterocycles. The fourth-order valence-electron chi connectivity index (χ4n) is 4.55. The summed E-state index contributed by atoms with van der Waals surface area (Å²) in [6.45, 7) is 8.30. The summed E-state index contributed by atoms with van der Waals surface area (Å²) in [5.74, 6) is 1.87. The molecule has 0 unspecified atom stereocenters. The summed E-state index contributed by atoms with van der Waals surface area (Å²) in [6.07, 6.45) is 4.96. The van der Waals surface area contributed by atoms with Crippen LogP contribution in [0.2, 0.25) is 5.02 Å². The zero-order valence-corrected chi connectivity index (χ0v) is 25.6. The van der Waals surface area contributed by atoms with Gasteiger partial charge in [0.15, 0.2) is 5.82 Å². The zero-order valence-electron chi connectivity index (χ0n) is 24.0. The normalized spacial score (nSPS) is 14.7. The summed E-state index contributed by atoms with van der Waals surface area (Å²) in [5.41, 5.74) is 1.01. The van der Waals surface area contributed by atoms with Crippen LogP contribution in [0, 0.1) is 0 Å². The summed E-state index contributed by atoms with van der Waals surface area (Å²) in [5, 5.41) is 6.52. The fourth-order valence-corrected chi connectivity index (χ4v) is 6.26. The summed E-state index contributed by atoms with van der Waals surface area (Å²) >= 11 is 6.42. The van der Waals surface area contributed by atoms with Gasteiger partial charge in [0.25, 0.3) is 0 Å². The van der Waals surface area contributed by atoms with E-state index in [0.717, 1.165) is 31.7 Å². The fraction of sp³-hybridized carbons (Fsp3) is 0.448. The zero-order chi connectivity index (χ0) is 29.4. The van der Waals surface area contributed by atoms with Crippen molar-refractivity contribution in [2.24, 2.45) is 0 Å². The number of nitrogens with one attached hydrogen (secondary N) is 3. The van der Waals surface area contributed by atoms with E-state index >= 15 is 0 Å². The highest BCUT2D eigenvalue weighted by molar-refractivity contribution is 7.89. The second-order valence-corrected chi connectivity index (χ2v) is 12.1. The van der Waals surface area contributed by atoms with Gasteiger partial charge in [0.1, 0.15) is 27.5 Å². The van der Waals surface area contributed by atoms with Gasteiger partial charge in [-0.3, -0.25) is 0 Å². The Morgan fingerprint density at radius 3 is 2.49 bits per heavy atom. The van der Waals surface area contributed by atoms with Crippen molar-refractivity contribution in [1.82, 2.24) is 19.6 Å². The van der Waals surface area contributed by atoms with Gasteiger partial charge in [-0.2, -0.15) is 4.98 Å². The van der Waals surface area contributed by atoms with Gasteiger partial charge >= 0.3 is 0 Å². The molecule has 12 heteroatoms. The minimum atomic E-state index is -3.78. The van der Waals surface area contributed by atoms with Crippen LogP contribution in [0.3, 0.4) is 0 Å². The first-order chi connectivity index (χ1) is 19.7. The van der Waals surface area contributed by atoms with Gasteiger partial charge in [-0.05, 0) is 63.9 Å². The lowest BCUT2D eigenvalue weighted by atomic mass is 10.1. The summed E-state index contributed by atoms with van der Waals surface area (Å²) in [4.78, 5) is 11.3. The summed E-state index contributed by atoms with van der Waals surface area (Å²) < 4.78 is 41.2. The molecule has 4 rings (SSSR count). The van der Waals surface area contributed by atoms with Crippen LogP contribution < -0.4 is 24.8 Å². The molecule has 2 aromatic carbocycles. The van der Waals surface area contributed by atoms with Crippen LogP contribution >= 0.6 is 11.6 Å². The van der Waals surface area contributed by atoms with Crippen LogP contribution in [-0.4, -0.2) is 62.2 Å². The van der Waals surface area contributed by atoms with E-state index in [9.17, 15) is 8.42 Å².